The average Bonchev–Trinajstić information content (AvgIpc) is 3.46. The number of hydroxylamine groups is 1. The van der Waals surface area contributed by atoms with E-state index >= 15 is 0 Å². The largest absolute Gasteiger partial charge is 0.378 e. The van der Waals surface area contributed by atoms with E-state index in [2.05, 4.69) is 15.0 Å². The number of rotatable bonds is 9. The van der Waals surface area contributed by atoms with Crippen molar-refractivity contribution in [3.63, 3.8) is 0 Å². The number of unbranched alkanes of at least 4 members (excludes halogenated alkanes) is 3. The fraction of sp³-hybridized carbons (Fsp3) is 0.500. The zero-order chi connectivity index (χ0) is 20.8. The summed E-state index contributed by atoms with van der Waals surface area (Å²) in [4.78, 5) is 26.1. The molecule has 4 heterocycles. The van der Waals surface area contributed by atoms with Gasteiger partial charge in [-0.05, 0) is 25.0 Å². The van der Waals surface area contributed by atoms with Crippen LogP contribution in [0.4, 0.5) is 5.82 Å². The van der Waals surface area contributed by atoms with Gasteiger partial charge in [0, 0.05) is 32.3 Å². The SMILES string of the molecule is O=C(CCCCCCn1ncc2c(N3CCOCC3)nc(-c3ccc[nH]3)nc21)NO. The van der Waals surface area contributed by atoms with Gasteiger partial charge in [0.05, 0.1) is 30.5 Å². The Morgan fingerprint density at radius 2 is 2.03 bits per heavy atom. The first-order chi connectivity index (χ1) is 14.8. The Morgan fingerprint density at radius 3 is 2.80 bits per heavy atom. The van der Waals surface area contributed by atoms with Crippen molar-refractivity contribution in [1.82, 2.24) is 30.2 Å². The van der Waals surface area contributed by atoms with Crippen LogP contribution < -0.4 is 10.4 Å². The number of fused-ring (bicyclic) bond motifs is 1. The molecule has 0 spiro atoms. The number of anilines is 1. The molecule has 4 rings (SSSR count). The van der Waals surface area contributed by atoms with E-state index in [4.69, 9.17) is 19.9 Å². The smallest absolute Gasteiger partial charge is 0.243 e. The summed E-state index contributed by atoms with van der Waals surface area (Å²) in [7, 11) is 0. The molecule has 0 aliphatic carbocycles. The number of H-pyrrole nitrogens is 1. The van der Waals surface area contributed by atoms with Crippen LogP contribution in [0.15, 0.2) is 24.5 Å². The Morgan fingerprint density at radius 1 is 1.20 bits per heavy atom. The molecular formula is C20H27N7O3. The maximum atomic E-state index is 11.1. The molecule has 30 heavy (non-hydrogen) atoms. The molecule has 0 bridgehead atoms. The van der Waals surface area contributed by atoms with Gasteiger partial charge in [-0.15, -0.1) is 0 Å². The number of carbonyl (C=O) groups is 1. The molecule has 0 unspecified atom stereocenters. The van der Waals surface area contributed by atoms with Gasteiger partial charge in [-0.3, -0.25) is 10.0 Å². The van der Waals surface area contributed by atoms with Crippen molar-refractivity contribution in [2.75, 3.05) is 31.2 Å². The van der Waals surface area contributed by atoms with Crippen LogP contribution in [-0.4, -0.2) is 62.2 Å². The third-order valence-corrected chi connectivity index (χ3v) is 5.27. The Labute approximate surface area is 174 Å². The Bertz CT molecular complexity index is 964. The maximum absolute atomic E-state index is 11.1. The lowest BCUT2D eigenvalue weighted by Gasteiger charge is -2.28. The minimum atomic E-state index is -0.336. The Kier molecular flexibility index (Phi) is 6.55. The van der Waals surface area contributed by atoms with Gasteiger partial charge in [-0.25, -0.2) is 20.1 Å². The molecule has 1 aliphatic rings. The first kappa shape index (κ1) is 20.3. The molecule has 3 aromatic heterocycles. The third kappa shape index (κ3) is 4.60. The summed E-state index contributed by atoms with van der Waals surface area (Å²) in [5, 5.41) is 14.1. The van der Waals surface area contributed by atoms with Crippen LogP contribution in [0.25, 0.3) is 22.6 Å². The van der Waals surface area contributed by atoms with E-state index in [0.717, 1.165) is 67.9 Å². The number of carbonyl (C=O) groups excluding carboxylic acids is 1. The summed E-state index contributed by atoms with van der Waals surface area (Å²) >= 11 is 0. The van der Waals surface area contributed by atoms with E-state index in [1.807, 2.05) is 29.2 Å². The number of morpholine rings is 1. The van der Waals surface area contributed by atoms with Gasteiger partial charge < -0.3 is 14.6 Å². The summed E-state index contributed by atoms with van der Waals surface area (Å²) in [5.74, 6) is 1.22. The topological polar surface area (TPSA) is 121 Å². The van der Waals surface area contributed by atoms with Gasteiger partial charge >= 0.3 is 0 Å². The maximum Gasteiger partial charge on any atom is 0.243 e. The lowest BCUT2D eigenvalue weighted by Crippen LogP contribution is -2.37. The fourth-order valence-corrected chi connectivity index (χ4v) is 3.67. The molecule has 10 nitrogen and oxygen atoms in total. The van der Waals surface area contributed by atoms with Crippen molar-refractivity contribution in [2.24, 2.45) is 0 Å². The van der Waals surface area contributed by atoms with Crippen LogP contribution in [0.5, 0.6) is 0 Å². The van der Waals surface area contributed by atoms with Crippen LogP contribution >= 0.6 is 0 Å². The first-order valence-electron chi connectivity index (χ1n) is 10.4. The number of aromatic nitrogens is 5. The van der Waals surface area contributed by atoms with Crippen molar-refractivity contribution in [1.29, 1.82) is 0 Å². The lowest BCUT2D eigenvalue weighted by atomic mass is 10.1. The molecule has 0 saturated carbocycles. The molecule has 1 fully saturated rings. The van der Waals surface area contributed by atoms with Crippen LogP contribution in [0, 0.1) is 0 Å². The van der Waals surface area contributed by atoms with E-state index in [1.54, 1.807) is 5.48 Å². The van der Waals surface area contributed by atoms with E-state index < -0.39 is 0 Å². The summed E-state index contributed by atoms with van der Waals surface area (Å²) in [5.41, 5.74) is 3.37. The van der Waals surface area contributed by atoms with Crippen LogP contribution in [0.3, 0.4) is 0 Å². The highest BCUT2D eigenvalue weighted by Gasteiger charge is 2.20. The van der Waals surface area contributed by atoms with Gasteiger partial charge in [0.2, 0.25) is 5.91 Å². The molecule has 1 aliphatic heterocycles. The number of nitrogens with one attached hydrogen (secondary N) is 2. The second kappa shape index (κ2) is 9.68. The van der Waals surface area contributed by atoms with Gasteiger partial charge in [-0.2, -0.15) is 5.10 Å². The second-order valence-electron chi connectivity index (χ2n) is 7.36. The number of nitrogens with zero attached hydrogens (tertiary/aromatic N) is 5. The zero-order valence-corrected chi connectivity index (χ0v) is 16.9. The molecule has 0 radical (unpaired) electrons. The van der Waals surface area contributed by atoms with E-state index in [1.165, 1.54) is 0 Å². The van der Waals surface area contributed by atoms with Gasteiger partial charge in [0.15, 0.2) is 11.5 Å². The molecule has 3 N–H and O–H groups in total. The predicted molar refractivity (Wildman–Crippen MR) is 111 cm³/mol. The molecular weight excluding hydrogens is 386 g/mol. The lowest BCUT2D eigenvalue weighted by molar-refractivity contribution is -0.129. The van der Waals surface area contributed by atoms with Gasteiger partial charge in [0.25, 0.3) is 0 Å². The number of hydrogen-bond acceptors (Lipinski definition) is 7. The molecule has 3 aromatic rings. The summed E-state index contributed by atoms with van der Waals surface area (Å²) < 4.78 is 7.44. The fourth-order valence-electron chi connectivity index (χ4n) is 3.67. The molecule has 0 aromatic carbocycles. The van der Waals surface area contributed by atoms with Crippen LogP contribution in [0.1, 0.15) is 32.1 Å². The predicted octanol–water partition coefficient (Wildman–Crippen LogP) is 2.11. The monoisotopic (exact) mass is 413 g/mol. The Hall–Kier alpha value is -2.98. The standard InChI is InChI=1S/C20H27N7O3/c28-17(25-29)7-3-1-2-4-9-27-20-15(14-22-27)19(26-10-12-30-13-11-26)23-18(24-20)16-6-5-8-21-16/h5-6,8,14,21,29H,1-4,7,9-13H2,(H,25,28). The van der Waals surface area contributed by atoms with Crippen molar-refractivity contribution in [3.05, 3.63) is 24.5 Å². The quantitative estimate of drug-likeness (QED) is 0.279. The molecule has 0 atom stereocenters. The number of aryl methyl sites for hydroxylation is 1. The van der Waals surface area contributed by atoms with Gasteiger partial charge in [0.1, 0.15) is 5.82 Å². The number of ether oxygens (including phenoxy) is 1. The highest BCUT2D eigenvalue weighted by atomic mass is 16.5. The molecule has 10 heteroatoms. The average molecular weight is 413 g/mol. The highest BCUT2D eigenvalue weighted by molar-refractivity contribution is 5.88. The van der Waals surface area contributed by atoms with Gasteiger partial charge in [-0.1, -0.05) is 12.8 Å². The number of hydrogen-bond donors (Lipinski definition) is 3. The van der Waals surface area contributed by atoms with Crippen LogP contribution in [-0.2, 0) is 16.1 Å². The second-order valence-corrected chi connectivity index (χ2v) is 7.36. The summed E-state index contributed by atoms with van der Waals surface area (Å²) in [6, 6.07) is 3.90. The first-order valence-corrected chi connectivity index (χ1v) is 10.4. The Balaban J connectivity index is 1.51. The van der Waals surface area contributed by atoms with E-state index in [0.29, 0.717) is 25.5 Å². The molecule has 1 amide bonds. The van der Waals surface area contributed by atoms with E-state index in [-0.39, 0.29) is 5.91 Å². The van der Waals surface area contributed by atoms with Crippen molar-refractivity contribution >= 4 is 22.8 Å². The minimum Gasteiger partial charge on any atom is -0.378 e. The summed E-state index contributed by atoms with van der Waals surface area (Å²) in [6.45, 7) is 3.71. The number of aromatic amines is 1. The van der Waals surface area contributed by atoms with Crippen molar-refractivity contribution in [3.8, 4) is 11.5 Å². The summed E-state index contributed by atoms with van der Waals surface area (Å²) in [6.07, 6.45) is 7.66. The number of amides is 1. The third-order valence-electron chi connectivity index (χ3n) is 5.27. The zero-order valence-electron chi connectivity index (χ0n) is 16.9. The minimum absolute atomic E-state index is 0.336. The highest BCUT2D eigenvalue weighted by Crippen LogP contribution is 2.28. The van der Waals surface area contributed by atoms with Crippen molar-refractivity contribution in [2.45, 2.75) is 38.6 Å². The normalized spacial score (nSPS) is 14.4. The van der Waals surface area contributed by atoms with E-state index in [9.17, 15) is 4.79 Å². The van der Waals surface area contributed by atoms with Crippen LogP contribution in [0.2, 0.25) is 0 Å². The van der Waals surface area contributed by atoms with Crippen molar-refractivity contribution < 1.29 is 14.7 Å². The molecule has 160 valence electrons. The molecule has 1 saturated heterocycles.